The molecule has 0 fully saturated rings. The van der Waals surface area contributed by atoms with Crippen molar-refractivity contribution in [3.05, 3.63) is 60.3 Å². The number of aryl methyl sites for hydroxylation is 2. The van der Waals surface area contributed by atoms with Gasteiger partial charge in [0.2, 0.25) is 0 Å². The second kappa shape index (κ2) is 6.70. The number of nitrogens with zero attached hydrogens (tertiary/aromatic N) is 4. The molecule has 2 heterocycles. The number of aromatic nitrogens is 4. The van der Waals surface area contributed by atoms with Crippen LogP contribution >= 0.6 is 0 Å². The van der Waals surface area contributed by atoms with Crippen LogP contribution in [-0.2, 0) is 14.1 Å². The van der Waals surface area contributed by atoms with Crippen molar-refractivity contribution in [1.29, 1.82) is 0 Å². The molecular weight excluding hydrogens is 302 g/mol. The Hall–Kier alpha value is -2.89. The molecule has 6 nitrogen and oxygen atoms in total. The predicted molar refractivity (Wildman–Crippen MR) is 92.4 cm³/mol. The molecule has 1 N–H and O–H groups in total. The molecule has 1 unspecified atom stereocenters. The van der Waals surface area contributed by atoms with E-state index >= 15 is 0 Å². The fourth-order valence-electron chi connectivity index (χ4n) is 2.78. The molecule has 0 aliphatic rings. The van der Waals surface area contributed by atoms with Gasteiger partial charge in [-0.3, -0.25) is 9.48 Å². The van der Waals surface area contributed by atoms with Crippen LogP contribution in [0, 0.1) is 0 Å². The Kier molecular flexibility index (Phi) is 4.46. The van der Waals surface area contributed by atoms with Crippen LogP contribution in [0.5, 0.6) is 0 Å². The van der Waals surface area contributed by atoms with Gasteiger partial charge in [0.1, 0.15) is 0 Å². The van der Waals surface area contributed by atoms with E-state index in [0.29, 0.717) is 5.56 Å². The zero-order valence-corrected chi connectivity index (χ0v) is 14.1. The monoisotopic (exact) mass is 323 g/mol. The van der Waals surface area contributed by atoms with Gasteiger partial charge in [0.05, 0.1) is 30.0 Å². The molecule has 0 aliphatic carbocycles. The zero-order chi connectivity index (χ0) is 17.1. The van der Waals surface area contributed by atoms with Crippen LogP contribution in [0.25, 0.3) is 11.3 Å². The van der Waals surface area contributed by atoms with Crippen LogP contribution in [0.2, 0.25) is 0 Å². The number of hydrogen-bond donors (Lipinski definition) is 1. The van der Waals surface area contributed by atoms with Crippen LogP contribution in [0.3, 0.4) is 0 Å². The second-order valence-electron chi connectivity index (χ2n) is 5.78. The first kappa shape index (κ1) is 16.0. The number of imidazole rings is 1. The molecule has 0 spiro atoms. The highest BCUT2D eigenvalue weighted by Crippen LogP contribution is 2.20. The summed E-state index contributed by atoms with van der Waals surface area (Å²) >= 11 is 0. The van der Waals surface area contributed by atoms with Crippen molar-refractivity contribution < 1.29 is 4.79 Å². The first-order chi connectivity index (χ1) is 11.6. The summed E-state index contributed by atoms with van der Waals surface area (Å²) in [5, 5.41) is 7.25. The lowest BCUT2D eigenvalue weighted by Crippen LogP contribution is -2.29. The van der Waals surface area contributed by atoms with Gasteiger partial charge in [-0.25, -0.2) is 4.98 Å². The lowest BCUT2D eigenvalue weighted by molar-refractivity contribution is 0.0934. The third-order valence-electron chi connectivity index (χ3n) is 4.19. The summed E-state index contributed by atoms with van der Waals surface area (Å²) in [6, 6.07) is 9.44. The summed E-state index contributed by atoms with van der Waals surface area (Å²) in [6.07, 6.45) is 6.12. The molecule has 0 bridgehead atoms. The Labute approximate surface area is 141 Å². The molecule has 0 aliphatic heterocycles. The molecule has 1 aromatic carbocycles. The van der Waals surface area contributed by atoms with E-state index in [1.807, 2.05) is 62.1 Å². The molecule has 0 saturated heterocycles. The maximum atomic E-state index is 12.5. The Bertz CT molecular complexity index is 831. The van der Waals surface area contributed by atoms with Gasteiger partial charge in [-0.2, -0.15) is 5.10 Å². The largest absolute Gasteiger partial charge is 0.344 e. The van der Waals surface area contributed by atoms with E-state index in [0.717, 1.165) is 23.4 Å². The van der Waals surface area contributed by atoms with Crippen LogP contribution in [0.1, 0.15) is 35.4 Å². The van der Waals surface area contributed by atoms with Crippen molar-refractivity contribution >= 4 is 5.91 Å². The fourth-order valence-corrected chi connectivity index (χ4v) is 2.78. The number of benzene rings is 1. The highest BCUT2D eigenvalue weighted by atomic mass is 16.1. The lowest BCUT2D eigenvalue weighted by Gasteiger charge is -2.17. The van der Waals surface area contributed by atoms with Gasteiger partial charge in [0.25, 0.3) is 5.91 Å². The van der Waals surface area contributed by atoms with Crippen LogP contribution in [-0.4, -0.2) is 25.2 Å². The van der Waals surface area contributed by atoms with E-state index in [1.54, 1.807) is 17.2 Å². The van der Waals surface area contributed by atoms with E-state index in [9.17, 15) is 4.79 Å². The smallest absolute Gasteiger partial charge is 0.251 e. The quantitative estimate of drug-likeness (QED) is 0.785. The summed E-state index contributed by atoms with van der Waals surface area (Å²) in [5.41, 5.74) is 3.69. The molecule has 124 valence electrons. The van der Waals surface area contributed by atoms with E-state index in [2.05, 4.69) is 15.4 Å². The molecule has 0 saturated carbocycles. The van der Waals surface area contributed by atoms with Gasteiger partial charge < -0.3 is 9.88 Å². The Balaban J connectivity index is 1.75. The standard InChI is InChI=1S/C18H21N5O/c1-4-15(16-9-10-20-23(16)3)21-18(24)14-7-5-13(6-8-14)17-11-19-12-22(17)2/h5-12,15H,4H2,1-3H3,(H,21,24). The molecule has 2 aromatic heterocycles. The van der Waals surface area contributed by atoms with Crippen molar-refractivity contribution in [2.45, 2.75) is 19.4 Å². The van der Waals surface area contributed by atoms with E-state index in [-0.39, 0.29) is 11.9 Å². The number of hydrogen-bond acceptors (Lipinski definition) is 3. The van der Waals surface area contributed by atoms with Crippen molar-refractivity contribution in [1.82, 2.24) is 24.6 Å². The fraction of sp³-hybridized carbons (Fsp3) is 0.278. The maximum absolute atomic E-state index is 12.5. The number of nitrogens with one attached hydrogen (secondary N) is 1. The van der Waals surface area contributed by atoms with Gasteiger partial charge in [-0.15, -0.1) is 0 Å². The summed E-state index contributed by atoms with van der Waals surface area (Å²) in [7, 11) is 3.83. The summed E-state index contributed by atoms with van der Waals surface area (Å²) in [5.74, 6) is -0.0837. The first-order valence-corrected chi connectivity index (χ1v) is 7.95. The minimum absolute atomic E-state index is 0.0539. The molecule has 6 heteroatoms. The van der Waals surface area contributed by atoms with Gasteiger partial charge >= 0.3 is 0 Å². The third kappa shape index (κ3) is 3.08. The van der Waals surface area contributed by atoms with Crippen LogP contribution in [0.15, 0.2) is 49.1 Å². The lowest BCUT2D eigenvalue weighted by atomic mass is 10.1. The van der Waals surface area contributed by atoms with E-state index in [1.165, 1.54) is 0 Å². The van der Waals surface area contributed by atoms with Crippen molar-refractivity contribution in [3.63, 3.8) is 0 Å². The molecule has 24 heavy (non-hydrogen) atoms. The van der Waals surface area contributed by atoms with Crippen molar-refractivity contribution in [3.8, 4) is 11.3 Å². The maximum Gasteiger partial charge on any atom is 0.251 e. The molecule has 3 aromatic rings. The highest BCUT2D eigenvalue weighted by molar-refractivity contribution is 5.94. The van der Waals surface area contributed by atoms with E-state index in [4.69, 9.17) is 0 Å². The molecule has 1 amide bonds. The number of amides is 1. The Morgan fingerprint density at radius 2 is 1.96 bits per heavy atom. The van der Waals surface area contributed by atoms with E-state index < -0.39 is 0 Å². The number of carbonyl (C=O) groups is 1. The predicted octanol–water partition coefficient (Wildman–Crippen LogP) is 2.70. The van der Waals surface area contributed by atoms with Crippen molar-refractivity contribution in [2.75, 3.05) is 0 Å². The van der Waals surface area contributed by atoms with Crippen LogP contribution in [0.4, 0.5) is 0 Å². The zero-order valence-electron chi connectivity index (χ0n) is 14.1. The minimum Gasteiger partial charge on any atom is -0.344 e. The average Bonchev–Trinajstić information content (AvgIpc) is 3.21. The number of rotatable bonds is 5. The van der Waals surface area contributed by atoms with Crippen molar-refractivity contribution in [2.24, 2.45) is 14.1 Å². The first-order valence-electron chi connectivity index (χ1n) is 7.95. The highest BCUT2D eigenvalue weighted by Gasteiger charge is 2.17. The molecule has 3 rings (SSSR count). The molecular formula is C18H21N5O. The van der Waals surface area contributed by atoms with Gasteiger partial charge in [0, 0.05) is 25.9 Å². The summed E-state index contributed by atoms with van der Waals surface area (Å²) in [4.78, 5) is 16.6. The number of carbonyl (C=O) groups excluding carboxylic acids is 1. The van der Waals surface area contributed by atoms with Crippen LogP contribution < -0.4 is 5.32 Å². The molecule has 1 atom stereocenters. The van der Waals surface area contributed by atoms with Gasteiger partial charge in [0.15, 0.2) is 0 Å². The van der Waals surface area contributed by atoms with Gasteiger partial charge in [-0.1, -0.05) is 19.1 Å². The third-order valence-corrected chi connectivity index (χ3v) is 4.19. The minimum atomic E-state index is -0.0837. The average molecular weight is 323 g/mol. The van der Waals surface area contributed by atoms with Gasteiger partial charge in [-0.05, 0) is 30.2 Å². The Morgan fingerprint density at radius 1 is 1.21 bits per heavy atom. The topological polar surface area (TPSA) is 64.7 Å². The molecule has 0 radical (unpaired) electrons. The second-order valence-corrected chi connectivity index (χ2v) is 5.78. The summed E-state index contributed by atoms with van der Waals surface area (Å²) in [6.45, 7) is 2.05. The Morgan fingerprint density at radius 3 is 2.50 bits per heavy atom. The normalized spacial score (nSPS) is 12.1. The SMILES string of the molecule is CCC(NC(=O)c1ccc(-c2cncn2C)cc1)c1ccnn1C. The summed E-state index contributed by atoms with van der Waals surface area (Å²) < 4.78 is 3.74.